The lowest BCUT2D eigenvalue weighted by Gasteiger charge is -2.34. The van der Waals surface area contributed by atoms with Crippen molar-refractivity contribution in [3.63, 3.8) is 0 Å². The maximum absolute atomic E-state index is 13.2. The molecule has 9 nitrogen and oxygen atoms in total. The second kappa shape index (κ2) is 12.2. The van der Waals surface area contributed by atoms with Gasteiger partial charge in [0.05, 0.1) is 25.5 Å². The van der Waals surface area contributed by atoms with Crippen molar-refractivity contribution in [3.05, 3.63) is 70.3 Å². The highest BCUT2D eigenvalue weighted by molar-refractivity contribution is 6.09. The number of ketones is 1. The molecule has 1 saturated heterocycles. The molecule has 4 rings (SSSR count). The monoisotopic (exact) mass is 493 g/mol. The molecule has 0 aliphatic carbocycles. The van der Waals surface area contributed by atoms with Crippen LogP contribution in [0.25, 0.3) is 0 Å². The van der Waals surface area contributed by atoms with Crippen LogP contribution in [0.2, 0.25) is 0 Å². The first-order valence-electron chi connectivity index (χ1n) is 12.3. The summed E-state index contributed by atoms with van der Waals surface area (Å²) >= 11 is 0. The number of esters is 1. The number of rotatable bonds is 9. The molecule has 2 heterocycles. The predicted molar refractivity (Wildman–Crippen MR) is 138 cm³/mol. The molecule has 0 amide bonds. The van der Waals surface area contributed by atoms with Crippen LogP contribution in [0, 0.1) is 0 Å². The standard InChI is InChI=1S/C27H35N5O4/c1-30-11-13-32(14-12-30)29-18-20-3-5-22(6-4-20)26(34)23-8-7-21-9-10-31(27(28)24(21)17-23)19-25(33)36-16-15-35-2/h3-8,17-18,27H,9-16,19,28H2,1-2H3. The lowest BCUT2D eigenvalue weighted by molar-refractivity contribution is -0.147. The number of hydrogen-bond acceptors (Lipinski definition) is 9. The van der Waals surface area contributed by atoms with E-state index in [1.807, 2.05) is 53.6 Å². The molecule has 0 radical (unpaired) electrons. The quantitative estimate of drug-likeness (QED) is 0.243. The third kappa shape index (κ3) is 6.55. The Morgan fingerprint density at radius 3 is 2.47 bits per heavy atom. The van der Waals surface area contributed by atoms with Crippen LogP contribution < -0.4 is 5.73 Å². The van der Waals surface area contributed by atoms with Crippen molar-refractivity contribution in [3.8, 4) is 0 Å². The van der Waals surface area contributed by atoms with Crippen molar-refractivity contribution >= 4 is 18.0 Å². The van der Waals surface area contributed by atoms with Gasteiger partial charge in [0.2, 0.25) is 0 Å². The summed E-state index contributed by atoms with van der Waals surface area (Å²) in [6.45, 7) is 5.16. The van der Waals surface area contributed by atoms with Crippen LogP contribution in [-0.4, -0.2) is 99.4 Å². The number of nitrogens with two attached hydrogens (primary N) is 1. The molecular formula is C27H35N5O4. The zero-order valence-electron chi connectivity index (χ0n) is 21.1. The largest absolute Gasteiger partial charge is 0.462 e. The van der Waals surface area contributed by atoms with Crippen molar-refractivity contribution < 1.29 is 19.1 Å². The van der Waals surface area contributed by atoms with E-state index in [0.717, 1.165) is 49.3 Å². The van der Waals surface area contributed by atoms with Crippen LogP contribution in [0.1, 0.15) is 38.8 Å². The maximum atomic E-state index is 13.2. The Hall–Kier alpha value is -3.11. The molecule has 2 aromatic carbocycles. The Morgan fingerprint density at radius 1 is 1.03 bits per heavy atom. The Bertz CT molecular complexity index is 1080. The minimum Gasteiger partial charge on any atom is -0.462 e. The predicted octanol–water partition coefficient (Wildman–Crippen LogP) is 1.50. The van der Waals surface area contributed by atoms with E-state index in [0.29, 0.717) is 24.3 Å². The van der Waals surface area contributed by atoms with Crippen LogP contribution >= 0.6 is 0 Å². The normalized spacial score (nSPS) is 18.9. The average Bonchev–Trinajstić information content (AvgIpc) is 2.90. The van der Waals surface area contributed by atoms with Crippen molar-refractivity contribution in [1.29, 1.82) is 0 Å². The van der Waals surface area contributed by atoms with Gasteiger partial charge in [-0.1, -0.05) is 36.4 Å². The average molecular weight is 494 g/mol. The number of methoxy groups -OCH3 is 1. The first-order chi connectivity index (χ1) is 17.4. The van der Waals surface area contributed by atoms with Crippen molar-refractivity contribution in [1.82, 2.24) is 14.8 Å². The number of hydrogen-bond donors (Lipinski definition) is 1. The Labute approximate surface area is 212 Å². The minimum absolute atomic E-state index is 0.0661. The Kier molecular flexibility index (Phi) is 8.82. The van der Waals surface area contributed by atoms with Gasteiger partial charge < -0.3 is 20.1 Å². The van der Waals surface area contributed by atoms with Crippen molar-refractivity contribution in [2.24, 2.45) is 10.8 Å². The zero-order chi connectivity index (χ0) is 25.5. The van der Waals surface area contributed by atoms with Crippen LogP contribution in [-0.2, 0) is 20.7 Å². The summed E-state index contributed by atoms with van der Waals surface area (Å²) in [4.78, 5) is 29.5. The highest BCUT2D eigenvalue weighted by Gasteiger charge is 2.27. The van der Waals surface area contributed by atoms with E-state index in [-0.39, 0.29) is 24.9 Å². The highest BCUT2D eigenvalue weighted by atomic mass is 16.6. The van der Waals surface area contributed by atoms with Crippen LogP contribution in [0.15, 0.2) is 47.6 Å². The van der Waals surface area contributed by atoms with Crippen LogP contribution in [0.3, 0.4) is 0 Å². The first kappa shape index (κ1) is 26.0. The molecule has 9 heteroatoms. The van der Waals surface area contributed by atoms with Crippen molar-refractivity contribution in [2.75, 3.05) is 66.6 Å². The Morgan fingerprint density at radius 2 is 1.75 bits per heavy atom. The van der Waals surface area contributed by atoms with Gasteiger partial charge in [-0.2, -0.15) is 5.10 Å². The van der Waals surface area contributed by atoms with Gasteiger partial charge in [-0.05, 0) is 36.2 Å². The summed E-state index contributed by atoms with van der Waals surface area (Å²) in [5, 5.41) is 6.63. The van der Waals surface area contributed by atoms with E-state index < -0.39 is 6.17 Å². The highest BCUT2D eigenvalue weighted by Crippen LogP contribution is 2.28. The minimum atomic E-state index is -0.482. The number of nitrogens with zero attached hydrogens (tertiary/aromatic N) is 4. The molecule has 2 N–H and O–H groups in total. The van der Waals surface area contributed by atoms with Crippen molar-refractivity contribution in [2.45, 2.75) is 12.6 Å². The van der Waals surface area contributed by atoms with Crippen LogP contribution in [0.5, 0.6) is 0 Å². The molecule has 2 aliphatic rings. The van der Waals surface area contributed by atoms with Gasteiger partial charge in [-0.25, -0.2) is 0 Å². The van der Waals surface area contributed by atoms with Gasteiger partial charge in [0.1, 0.15) is 6.61 Å². The maximum Gasteiger partial charge on any atom is 0.320 e. The van der Waals surface area contributed by atoms with Gasteiger partial charge in [-0.3, -0.25) is 19.5 Å². The summed E-state index contributed by atoms with van der Waals surface area (Å²) in [6.07, 6.45) is 2.11. The fourth-order valence-corrected chi connectivity index (χ4v) is 4.41. The third-order valence-electron chi connectivity index (χ3n) is 6.69. The summed E-state index contributed by atoms with van der Waals surface area (Å²) in [5.74, 6) is -0.405. The number of carbonyl (C=O) groups excluding carboxylic acids is 2. The number of fused-ring (bicyclic) bond motifs is 1. The molecule has 192 valence electrons. The smallest absolute Gasteiger partial charge is 0.320 e. The SMILES string of the molecule is COCCOC(=O)CN1CCc2ccc(C(=O)c3ccc(C=NN4CCN(C)CC4)cc3)cc2C1N. The number of carbonyl (C=O) groups is 2. The van der Waals surface area contributed by atoms with E-state index in [4.69, 9.17) is 15.2 Å². The molecule has 1 fully saturated rings. The van der Waals surface area contributed by atoms with Gasteiger partial charge in [0.25, 0.3) is 0 Å². The second-order valence-electron chi connectivity index (χ2n) is 9.24. The van der Waals surface area contributed by atoms with Gasteiger partial charge >= 0.3 is 5.97 Å². The molecular weight excluding hydrogens is 458 g/mol. The summed E-state index contributed by atoms with van der Waals surface area (Å²) in [6, 6.07) is 13.2. The van der Waals surface area contributed by atoms with E-state index in [9.17, 15) is 9.59 Å². The molecule has 0 saturated carbocycles. The number of ether oxygens (including phenoxy) is 2. The van der Waals surface area contributed by atoms with E-state index in [1.54, 1.807) is 7.11 Å². The van der Waals surface area contributed by atoms with Gasteiger partial charge in [0.15, 0.2) is 5.78 Å². The molecule has 0 spiro atoms. The fourth-order valence-electron chi connectivity index (χ4n) is 4.41. The summed E-state index contributed by atoms with van der Waals surface area (Å²) in [5.41, 5.74) is 10.6. The van der Waals surface area contributed by atoms with E-state index in [2.05, 4.69) is 22.1 Å². The lowest BCUT2D eigenvalue weighted by atomic mass is 9.92. The molecule has 1 unspecified atom stereocenters. The number of likely N-dealkylation sites (N-methyl/N-ethyl adjacent to an activating group) is 1. The summed E-state index contributed by atoms with van der Waals surface area (Å²) in [7, 11) is 3.67. The topological polar surface area (TPSA) is 101 Å². The van der Waals surface area contributed by atoms with E-state index >= 15 is 0 Å². The second-order valence-corrected chi connectivity index (χ2v) is 9.24. The molecule has 1 atom stereocenters. The lowest BCUT2D eigenvalue weighted by Crippen LogP contribution is -2.43. The molecule has 0 aromatic heterocycles. The molecule has 2 aliphatic heterocycles. The van der Waals surface area contributed by atoms with Crippen LogP contribution in [0.4, 0.5) is 0 Å². The van der Waals surface area contributed by atoms with E-state index in [1.165, 1.54) is 0 Å². The number of hydrazone groups is 1. The molecule has 36 heavy (non-hydrogen) atoms. The Balaban J connectivity index is 1.39. The zero-order valence-corrected chi connectivity index (χ0v) is 21.1. The first-order valence-corrected chi connectivity index (χ1v) is 12.3. The van der Waals surface area contributed by atoms with Gasteiger partial charge in [-0.15, -0.1) is 0 Å². The van der Waals surface area contributed by atoms with Gasteiger partial charge in [0, 0.05) is 51.0 Å². The molecule has 0 bridgehead atoms. The number of piperazine rings is 1. The number of benzene rings is 2. The fraction of sp³-hybridized carbons (Fsp3) is 0.444. The third-order valence-corrected chi connectivity index (χ3v) is 6.69. The summed E-state index contributed by atoms with van der Waals surface area (Å²) < 4.78 is 10.1. The molecule has 2 aromatic rings.